The zero-order chi connectivity index (χ0) is 14.5. The van der Waals surface area contributed by atoms with Crippen molar-refractivity contribution in [3.8, 4) is 11.5 Å². The summed E-state index contributed by atoms with van der Waals surface area (Å²) in [7, 11) is 1.72. The van der Waals surface area contributed by atoms with Crippen molar-refractivity contribution in [2.75, 3.05) is 20.2 Å². The van der Waals surface area contributed by atoms with Crippen LogP contribution in [-0.4, -0.2) is 20.2 Å². The van der Waals surface area contributed by atoms with Crippen LogP contribution < -0.4 is 14.8 Å². The van der Waals surface area contributed by atoms with Gasteiger partial charge in [-0.25, -0.2) is 0 Å². The summed E-state index contributed by atoms with van der Waals surface area (Å²) in [6, 6.07) is 16.4. The molecule has 2 aromatic carbocycles. The highest BCUT2D eigenvalue weighted by molar-refractivity contribution is 5.48. The molecular formula is C18H21NO2. The minimum absolute atomic E-state index is 0.514. The van der Waals surface area contributed by atoms with E-state index >= 15 is 0 Å². The van der Waals surface area contributed by atoms with E-state index in [0.717, 1.165) is 36.6 Å². The molecule has 3 heteroatoms. The first-order valence-corrected chi connectivity index (χ1v) is 7.43. The molecule has 0 aromatic heterocycles. The molecule has 0 bridgehead atoms. The second kappa shape index (κ2) is 6.64. The van der Waals surface area contributed by atoms with Gasteiger partial charge in [0.2, 0.25) is 0 Å². The second-order valence-electron chi connectivity index (χ2n) is 5.34. The lowest BCUT2D eigenvalue weighted by Crippen LogP contribution is -2.09. The topological polar surface area (TPSA) is 30.5 Å². The zero-order valence-electron chi connectivity index (χ0n) is 12.3. The summed E-state index contributed by atoms with van der Waals surface area (Å²) in [6.45, 7) is 2.64. The molecular weight excluding hydrogens is 262 g/mol. The summed E-state index contributed by atoms with van der Waals surface area (Å²) in [4.78, 5) is 0. The van der Waals surface area contributed by atoms with Crippen molar-refractivity contribution in [2.24, 2.45) is 0 Å². The zero-order valence-corrected chi connectivity index (χ0v) is 12.3. The van der Waals surface area contributed by atoms with E-state index in [9.17, 15) is 0 Å². The summed E-state index contributed by atoms with van der Waals surface area (Å²) in [5.41, 5.74) is 2.40. The smallest absolute Gasteiger partial charge is 0.164 e. The van der Waals surface area contributed by atoms with Crippen molar-refractivity contribution in [1.29, 1.82) is 0 Å². The van der Waals surface area contributed by atoms with Gasteiger partial charge in [0.15, 0.2) is 11.5 Å². The van der Waals surface area contributed by atoms with E-state index in [1.807, 2.05) is 24.3 Å². The van der Waals surface area contributed by atoms with Crippen molar-refractivity contribution in [2.45, 2.75) is 18.9 Å². The number of methoxy groups -OCH3 is 1. The van der Waals surface area contributed by atoms with Crippen molar-refractivity contribution >= 4 is 0 Å². The van der Waals surface area contributed by atoms with Crippen LogP contribution in [0.5, 0.6) is 11.5 Å². The molecule has 1 atom stereocenters. The summed E-state index contributed by atoms with van der Waals surface area (Å²) in [5, 5.41) is 3.40. The molecule has 0 amide bonds. The maximum absolute atomic E-state index is 5.97. The lowest BCUT2D eigenvalue weighted by molar-refractivity contribution is 0.282. The minimum atomic E-state index is 0.514. The molecule has 1 saturated heterocycles. The third-order valence-corrected chi connectivity index (χ3v) is 3.95. The van der Waals surface area contributed by atoms with Crippen LogP contribution in [-0.2, 0) is 6.61 Å². The van der Waals surface area contributed by atoms with E-state index in [1.54, 1.807) is 7.11 Å². The van der Waals surface area contributed by atoms with Gasteiger partial charge >= 0.3 is 0 Å². The fraction of sp³-hybridized carbons (Fsp3) is 0.333. The van der Waals surface area contributed by atoms with Gasteiger partial charge in [0.25, 0.3) is 0 Å². The molecule has 1 N–H and O–H groups in total. The molecule has 1 fully saturated rings. The molecule has 3 nitrogen and oxygen atoms in total. The number of ether oxygens (including phenoxy) is 2. The molecule has 1 heterocycles. The third kappa shape index (κ3) is 3.19. The first-order chi connectivity index (χ1) is 10.4. The molecule has 2 aromatic rings. The summed E-state index contributed by atoms with van der Waals surface area (Å²) in [5.74, 6) is 2.22. The van der Waals surface area contributed by atoms with Crippen LogP contribution >= 0.6 is 0 Å². The summed E-state index contributed by atoms with van der Waals surface area (Å²) >= 11 is 0. The number of para-hydroxylation sites is 1. The van der Waals surface area contributed by atoms with E-state index in [-0.39, 0.29) is 0 Å². The van der Waals surface area contributed by atoms with E-state index in [1.165, 1.54) is 5.56 Å². The normalized spacial score (nSPS) is 17.7. The van der Waals surface area contributed by atoms with Gasteiger partial charge in [-0.15, -0.1) is 0 Å². The van der Waals surface area contributed by atoms with Crippen LogP contribution in [0.4, 0.5) is 0 Å². The predicted molar refractivity (Wildman–Crippen MR) is 84.0 cm³/mol. The van der Waals surface area contributed by atoms with Gasteiger partial charge in [-0.3, -0.25) is 0 Å². The maximum atomic E-state index is 5.97. The van der Waals surface area contributed by atoms with Crippen molar-refractivity contribution < 1.29 is 9.47 Å². The minimum Gasteiger partial charge on any atom is -0.493 e. The first-order valence-electron chi connectivity index (χ1n) is 7.43. The Kier molecular flexibility index (Phi) is 4.41. The van der Waals surface area contributed by atoms with Crippen molar-refractivity contribution in [3.63, 3.8) is 0 Å². The predicted octanol–water partition coefficient (Wildman–Crippen LogP) is 3.35. The lowest BCUT2D eigenvalue weighted by Gasteiger charge is -2.17. The second-order valence-corrected chi connectivity index (χ2v) is 5.34. The average molecular weight is 283 g/mol. The molecule has 3 rings (SSSR count). The van der Waals surface area contributed by atoms with Gasteiger partial charge in [-0.05, 0) is 24.6 Å². The van der Waals surface area contributed by atoms with Gasteiger partial charge in [-0.2, -0.15) is 0 Å². The number of hydrogen-bond acceptors (Lipinski definition) is 3. The van der Waals surface area contributed by atoms with Gasteiger partial charge in [0.1, 0.15) is 6.61 Å². The van der Waals surface area contributed by atoms with Crippen LogP contribution in [0.1, 0.15) is 23.5 Å². The molecule has 0 spiro atoms. The van der Waals surface area contributed by atoms with Crippen LogP contribution in [0.25, 0.3) is 0 Å². The summed E-state index contributed by atoms with van der Waals surface area (Å²) < 4.78 is 11.6. The monoisotopic (exact) mass is 283 g/mol. The highest BCUT2D eigenvalue weighted by Gasteiger charge is 2.22. The van der Waals surface area contributed by atoms with Crippen molar-refractivity contribution in [1.82, 2.24) is 5.32 Å². The number of rotatable bonds is 5. The standard InChI is InChI=1S/C18H21NO2/c1-20-18-16(15-10-11-19-12-15)8-5-9-17(18)21-13-14-6-3-2-4-7-14/h2-9,15,19H,10-13H2,1H3. The molecule has 0 aliphatic carbocycles. The Balaban J connectivity index is 1.79. The molecule has 1 aliphatic heterocycles. The largest absolute Gasteiger partial charge is 0.493 e. The first kappa shape index (κ1) is 14.0. The molecule has 110 valence electrons. The Morgan fingerprint density at radius 2 is 1.95 bits per heavy atom. The average Bonchev–Trinajstić information content (AvgIpc) is 3.07. The maximum Gasteiger partial charge on any atom is 0.164 e. The lowest BCUT2D eigenvalue weighted by atomic mass is 9.97. The fourth-order valence-electron chi connectivity index (χ4n) is 2.84. The molecule has 0 saturated carbocycles. The van der Waals surface area contributed by atoms with Crippen LogP contribution in [0.15, 0.2) is 48.5 Å². The van der Waals surface area contributed by atoms with Gasteiger partial charge in [0.05, 0.1) is 7.11 Å². The van der Waals surface area contributed by atoms with E-state index in [4.69, 9.17) is 9.47 Å². The van der Waals surface area contributed by atoms with Gasteiger partial charge < -0.3 is 14.8 Å². The van der Waals surface area contributed by atoms with Crippen LogP contribution in [0, 0.1) is 0 Å². The third-order valence-electron chi connectivity index (χ3n) is 3.95. The van der Waals surface area contributed by atoms with Gasteiger partial charge in [0, 0.05) is 18.0 Å². The Morgan fingerprint density at radius 1 is 1.10 bits per heavy atom. The molecule has 21 heavy (non-hydrogen) atoms. The summed E-state index contributed by atoms with van der Waals surface area (Å²) in [6.07, 6.45) is 1.15. The van der Waals surface area contributed by atoms with E-state index < -0.39 is 0 Å². The van der Waals surface area contributed by atoms with E-state index in [0.29, 0.717) is 12.5 Å². The SMILES string of the molecule is COc1c(OCc2ccccc2)cccc1C1CCNC1. The van der Waals surface area contributed by atoms with Crippen LogP contribution in [0.2, 0.25) is 0 Å². The number of benzene rings is 2. The Bertz CT molecular complexity index is 577. The highest BCUT2D eigenvalue weighted by Crippen LogP contribution is 2.38. The quantitative estimate of drug-likeness (QED) is 0.913. The highest BCUT2D eigenvalue weighted by atomic mass is 16.5. The molecule has 0 radical (unpaired) electrons. The Morgan fingerprint density at radius 3 is 2.67 bits per heavy atom. The van der Waals surface area contributed by atoms with Gasteiger partial charge in [-0.1, -0.05) is 42.5 Å². The van der Waals surface area contributed by atoms with Crippen molar-refractivity contribution in [3.05, 3.63) is 59.7 Å². The molecule has 1 unspecified atom stereocenters. The molecule has 1 aliphatic rings. The number of hydrogen-bond donors (Lipinski definition) is 1. The number of nitrogens with one attached hydrogen (secondary N) is 1. The Labute approximate surface area is 125 Å². The van der Waals surface area contributed by atoms with Crippen LogP contribution in [0.3, 0.4) is 0 Å². The fourth-order valence-corrected chi connectivity index (χ4v) is 2.84. The Hall–Kier alpha value is -2.00. The van der Waals surface area contributed by atoms with E-state index in [2.05, 4.69) is 29.6 Å².